The third-order valence-corrected chi connectivity index (χ3v) is 2.18. The minimum atomic E-state index is -0.418. The van der Waals surface area contributed by atoms with Crippen molar-refractivity contribution < 1.29 is 9.34 Å². The SMILES string of the molecule is CC(=Cc1ccc2oc(C)nc2c1)[N+](=O)[O-]. The Hall–Kier alpha value is -2.17. The van der Waals surface area contributed by atoms with Gasteiger partial charge in [-0.25, -0.2) is 4.98 Å². The number of aryl methyl sites for hydroxylation is 1. The molecule has 0 spiro atoms. The first-order valence-corrected chi connectivity index (χ1v) is 4.76. The van der Waals surface area contributed by atoms with Gasteiger partial charge in [-0.15, -0.1) is 0 Å². The summed E-state index contributed by atoms with van der Waals surface area (Å²) in [6.07, 6.45) is 1.50. The van der Waals surface area contributed by atoms with Crippen LogP contribution in [0.4, 0.5) is 0 Å². The first-order chi connectivity index (χ1) is 7.56. The molecular formula is C11H10N2O3. The second-order valence-electron chi connectivity index (χ2n) is 3.50. The van der Waals surface area contributed by atoms with Gasteiger partial charge in [0, 0.05) is 19.9 Å². The molecule has 1 aromatic heterocycles. The largest absolute Gasteiger partial charge is 0.441 e. The zero-order valence-electron chi connectivity index (χ0n) is 8.93. The molecular weight excluding hydrogens is 208 g/mol. The highest BCUT2D eigenvalue weighted by atomic mass is 16.6. The Labute approximate surface area is 91.6 Å². The minimum Gasteiger partial charge on any atom is -0.441 e. The lowest BCUT2D eigenvalue weighted by atomic mass is 10.2. The summed E-state index contributed by atoms with van der Waals surface area (Å²) in [5.74, 6) is 0.585. The van der Waals surface area contributed by atoms with Crippen molar-refractivity contribution in [1.29, 1.82) is 0 Å². The molecule has 1 aromatic carbocycles. The van der Waals surface area contributed by atoms with Gasteiger partial charge >= 0.3 is 0 Å². The molecule has 5 nitrogen and oxygen atoms in total. The maximum absolute atomic E-state index is 10.5. The van der Waals surface area contributed by atoms with E-state index in [1.807, 2.05) is 0 Å². The Morgan fingerprint density at radius 3 is 3.00 bits per heavy atom. The summed E-state index contributed by atoms with van der Waals surface area (Å²) < 4.78 is 5.31. The summed E-state index contributed by atoms with van der Waals surface area (Å²) in [5, 5.41) is 10.5. The van der Waals surface area contributed by atoms with Gasteiger partial charge in [-0.1, -0.05) is 6.07 Å². The minimum absolute atomic E-state index is 0.0968. The lowest BCUT2D eigenvalue weighted by Gasteiger charge is -1.93. The molecule has 2 aromatic rings. The van der Waals surface area contributed by atoms with Crippen molar-refractivity contribution in [3.63, 3.8) is 0 Å². The molecule has 2 rings (SSSR count). The quantitative estimate of drug-likeness (QED) is 0.574. The molecule has 0 amide bonds. The monoisotopic (exact) mass is 218 g/mol. The number of rotatable bonds is 2. The molecule has 0 radical (unpaired) electrons. The Bertz CT molecular complexity index is 584. The molecule has 0 unspecified atom stereocenters. The van der Waals surface area contributed by atoms with Crippen molar-refractivity contribution in [2.24, 2.45) is 0 Å². The van der Waals surface area contributed by atoms with Crippen molar-refractivity contribution in [3.8, 4) is 0 Å². The first-order valence-electron chi connectivity index (χ1n) is 4.76. The third-order valence-electron chi connectivity index (χ3n) is 2.18. The Morgan fingerprint density at radius 1 is 1.56 bits per heavy atom. The molecule has 0 aliphatic heterocycles. The van der Waals surface area contributed by atoms with Gasteiger partial charge in [-0.05, 0) is 17.7 Å². The van der Waals surface area contributed by atoms with Gasteiger partial charge in [0.2, 0.25) is 5.70 Å². The highest BCUT2D eigenvalue weighted by molar-refractivity contribution is 5.76. The normalized spacial score (nSPS) is 12.0. The van der Waals surface area contributed by atoms with Crippen LogP contribution in [0.3, 0.4) is 0 Å². The maximum atomic E-state index is 10.5. The lowest BCUT2D eigenvalue weighted by molar-refractivity contribution is -0.422. The van der Waals surface area contributed by atoms with E-state index in [9.17, 15) is 10.1 Å². The van der Waals surface area contributed by atoms with Crippen molar-refractivity contribution in [3.05, 3.63) is 45.5 Å². The highest BCUT2D eigenvalue weighted by Gasteiger charge is 2.05. The number of aromatic nitrogens is 1. The average Bonchev–Trinajstić information content (AvgIpc) is 2.57. The number of hydrogen-bond donors (Lipinski definition) is 0. The topological polar surface area (TPSA) is 69.2 Å². The van der Waals surface area contributed by atoms with Crippen LogP contribution in [0.1, 0.15) is 18.4 Å². The molecule has 0 aliphatic rings. The predicted molar refractivity (Wildman–Crippen MR) is 59.4 cm³/mol. The second kappa shape index (κ2) is 3.77. The smallest absolute Gasteiger partial charge is 0.243 e. The molecule has 0 saturated heterocycles. The van der Waals surface area contributed by atoms with Crippen LogP contribution < -0.4 is 0 Å². The van der Waals surface area contributed by atoms with E-state index >= 15 is 0 Å². The molecule has 1 heterocycles. The van der Waals surface area contributed by atoms with Crippen molar-refractivity contribution in [1.82, 2.24) is 4.98 Å². The summed E-state index contributed by atoms with van der Waals surface area (Å²) >= 11 is 0. The van der Waals surface area contributed by atoms with Crippen LogP contribution in [0.25, 0.3) is 17.2 Å². The van der Waals surface area contributed by atoms with E-state index < -0.39 is 4.92 Å². The molecule has 0 saturated carbocycles. The highest BCUT2D eigenvalue weighted by Crippen LogP contribution is 2.18. The average molecular weight is 218 g/mol. The van der Waals surface area contributed by atoms with E-state index in [1.54, 1.807) is 25.1 Å². The van der Waals surface area contributed by atoms with Crippen molar-refractivity contribution in [2.75, 3.05) is 0 Å². The maximum Gasteiger partial charge on any atom is 0.243 e. The van der Waals surface area contributed by atoms with Crippen LogP contribution in [0.5, 0.6) is 0 Å². The second-order valence-corrected chi connectivity index (χ2v) is 3.50. The number of allylic oxidation sites excluding steroid dienone is 1. The molecule has 16 heavy (non-hydrogen) atoms. The number of benzene rings is 1. The number of nitrogens with zero attached hydrogens (tertiary/aromatic N) is 2. The zero-order valence-corrected chi connectivity index (χ0v) is 8.93. The van der Waals surface area contributed by atoms with E-state index in [1.165, 1.54) is 13.0 Å². The van der Waals surface area contributed by atoms with Crippen LogP contribution in [0.2, 0.25) is 0 Å². The number of hydrogen-bond acceptors (Lipinski definition) is 4. The van der Waals surface area contributed by atoms with Gasteiger partial charge in [-0.3, -0.25) is 10.1 Å². The zero-order chi connectivity index (χ0) is 11.7. The molecule has 0 bridgehead atoms. The van der Waals surface area contributed by atoms with E-state index in [4.69, 9.17) is 4.42 Å². The van der Waals surface area contributed by atoms with Gasteiger partial charge in [0.15, 0.2) is 11.5 Å². The summed E-state index contributed by atoms with van der Waals surface area (Å²) in [7, 11) is 0. The van der Waals surface area contributed by atoms with Gasteiger partial charge in [0.1, 0.15) is 5.52 Å². The first kappa shape index (κ1) is 10.4. The summed E-state index contributed by atoms with van der Waals surface area (Å²) in [5.41, 5.74) is 2.24. The van der Waals surface area contributed by atoms with Gasteiger partial charge in [0.05, 0.1) is 4.92 Å². The van der Waals surface area contributed by atoms with Gasteiger partial charge < -0.3 is 4.42 Å². The van der Waals surface area contributed by atoms with Gasteiger partial charge in [-0.2, -0.15) is 0 Å². The standard InChI is InChI=1S/C11H10N2O3/c1-7(13(14)15)5-9-3-4-11-10(6-9)12-8(2)16-11/h3-6H,1-2H3. The van der Waals surface area contributed by atoms with Crippen molar-refractivity contribution >= 4 is 17.2 Å². The number of oxazole rings is 1. The van der Waals surface area contributed by atoms with Crippen LogP contribution in [-0.2, 0) is 0 Å². The summed E-state index contributed by atoms with van der Waals surface area (Å²) in [6, 6.07) is 5.28. The fourth-order valence-electron chi connectivity index (χ4n) is 1.44. The van der Waals surface area contributed by atoms with E-state index in [0.29, 0.717) is 17.0 Å². The van der Waals surface area contributed by atoms with Crippen LogP contribution in [0.15, 0.2) is 28.3 Å². The van der Waals surface area contributed by atoms with Crippen LogP contribution in [0, 0.1) is 17.0 Å². The lowest BCUT2D eigenvalue weighted by Crippen LogP contribution is -1.92. The fourth-order valence-corrected chi connectivity index (χ4v) is 1.44. The van der Waals surface area contributed by atoms with Crippen molar-refractivity contribution in [2.45, 2.75) is 13.8 Å². The molecule has 82 valence electrons. The molecule has 0 atom stereocenters. The Kier molecular flexibility index (Phi) is 2.44. The predicted octanol–water partition coefficient (Wildman–Crippen LogP) is 2.77. The van der Waals surface area contributed by atoms with E-state index in [2.05, 4.69) is 4.98 Å². The molecule has 5 heteroatoms. The number of fused-ring (bicyclic) bond motifs is 1. The molecule has 0 aliphatic carbocycles. The summed E-state index contributed by atoms with van der Waals surface area (Å²) in [6.45, 7) is 3.22. The van der Waals surface area contributed by atoms with Crippen LogP contribution in [-0.4, -0.2) is 9.91 Å². The van der Waals surface area contributed by atoms with Gasteiger partial charge in [0.25, 0.3) is 0 Å². The van der Waals surface area contributed by atoms with Crippen LogP contribution >= 0.6 is 0 Å². The molecule has 0 N–H and O–H groups in total. The van der Waals surface area contributed by atoms with E-state index in [-0.39, 0.29) is 5.70 Å². The molecule has 0 fully saturated rings. The Morgan fingerprint density at radius 2 is 2.31 bits per heavy atom. The van der Waals surface area contributed by atoms with E-state index in [0.717, 1.165) is 5.56 Å². The summed E-state index contributed by atoms with van der Waals surface area (Å²) in [4.78, 5) is 14.2. The number of nitro groups is 1. The Balaban J connectivity index is 2.47. The fraction of sp³-hybridized carbons (Fsp3) is 0.182. The third kappa shape index (κ3) is 1.93.